The van der Waals surface area contributed by atoms with Crippen molar-refractivity contribution in [1.82, 2.24) is 9.88 Å². The zero-order valence-electron chi connectivity index (χ0n) is 11.0. The second-order valence-corrected chi connectivity index (χ2v) is 5.11. The van der Waals surface area contributed by atoms with E-state index < -0.39 is 0 Å². The SMILES string of the molecule is NC(=NCCCn1ccc2ccccc21)NC1CC1. The molecule has 0 aliphatic heterocycles. The summed E-state index contributed by atoms with van der Waals surface area (Å²) in [6.07, 6.45) is 5.60. The Morgan fingerprint density at radius 2 is 2.16 bits per heavy atom. The number of nitrogens with two attached hydrogens (primary N) is 1. The minimum Gasteiger partial charge on any atom is -0.370 e. The Morgan fingerprint density at radius 3 is 3.00 bits per heavy atom. The highest BCUT2D eigenvalue weighted by Crippen LogP contribution is 2.18. The quantitative estimate of drug-likeness (QED) is 0.489. The van der Waals surface area contributed by atoms with E-state index in [1.807, 2.05) is 0 Å². The van der Waals surface area contributed by atoms with Gasteiger partial charge in [0, 0.05) is 30.8 Å². The third-order valence-electron chi connectivity index (χ3n) is 3.45. The van der Waals surface area contributed by atoms with Crippen LogP contribution in [0.3, 0.4) is 0 Å². The summed E-state index contributed by atoms with van der Waals surface area (Å²) in [6, 6.07) is 11.2. The van der Waals surface area contributed by atoms with Crippen LogP contribution in [-0.2, 0) is 6.54 Å². The standard InChI is InChI=1S/C15H20N4/c16-15(18-13-6-7-13)17-9-3-10-19-11-8-12-4-1-2-5-14(12)19/h1-2,4-5,8,11,13H,3,6-7,9-10H2,(H3,16,17,18). The van der Waals surface area contributed by atoms with Gasteiger partial charge in [0.2, 0.25) is 0 Å². The molecular formula is C15H20N4. The topological polar surface area (TPSA) is 55.3 Å². The predicted octanol–water partition coefficient (Wildman–Crippen LogP) is 2.10. The maximum absolute atomic E-state index is 5.80. The molecule has 0 unspecified atom stereocenters. The first-order valence-corrected chi connectivity index (χ1v) is 6.93. The van der Waals surface area contributed by atoms with Crippen LogP contribution in [0.1, 0.15) is 19.3 Å². The summed E-state index contributed by atoms with van der Waals surface area (Å²) in [4.78, 5) is 4.35. The maximum atomic E-state index is 5.80. The van der Waals surface area contributed by atoms with Gasteiger partial charge in [-0.3, -0.25) is 4.99 Å². The molecule has 0 atom stereocenters. The molecule has 100 valence electrons. The van der Waals surface area contributed by atoms with E-state index >= 15 is 0 Å². The first-order valence-electron chi connectivity index (χ1n) is 6.93. The molecule has 0 amide bonds. The molecule has 1 saturated carbocycles. The van der Waals surface area contributed by atoms with E-state index in [2.05, 4.69) is 51.4 Å². The smallest absolute Gasteiger partial charge is 0.188 e. The van der Waals surface area contributed by atoms with Crippen LogP contribution in [-0.4, -0.2) is 23.1 Å². The van der Waals surface area contributed by atoms with E-state index in [-0.39, 0.29) is 0 Å². The van der Waals surface area contributed by atoms with Crippen molar-refractivity contribution < 1.29 is 0 Å². The number of rotatable bonds is 5. The third-order valence-corrected chi connectivity index (χ3v) is 3.45. The molecule has 2 aromatic rings. The molecule has 19 heavy (non-hydrogen) atoms. The fraction of sp³-hybridized carbons (Fsp3) is 0.400. The minimum absolute atomic E-state index is 0.581. The lowest BCUT2D eigenvalue weighted by molar-refractivity contribution is 0.669. The molecule has 0 bridgehead atoms. The number of guanidine groups is 1. The minimum atomic E-state index is 0.581. The average Bonchev–Trinajstić information content (AvgIpc) is 3.14. The number of aryl methyl sites for hydroxylation is 1. The largest absolute Gasteiger partial charge is 0.370 e. The lowest BCUT2D eigenvalue weighted by Gasteiger charge is -2.05. The summed E-state index contributed by atoms with van der Waals surface area (Å²) in [7, 11) is 0. The lowest BCUT2D eigenvalue weighted by Crippen LogP contribution is -2.33. The van der Waals surface area contributed by atoms with Gasteiger partial charge < -0.3 is 15.6 Å². The fourth-order valence-electron chi connectivity index (χ4n) is 2.26. The number of nitrogens with zero attached hydrogens (tertiary/aromatic N) is 2. The van der Waals surface area contributed by atoms with Gasteiger partial charge in [0.05, 0.1) is 0 Å². The van der Waals surface area contributed by atoms with Gasteiger partial charge >= 0.3 is 0 Å². The van der Waals surface area contributed by atoms with Crippen LogP contribution in [0.4, 0.5) is 0 Å². The molecule has 1 heterocycles. The van der Waals surface area contributed by atoms with Crippen LogP contribution >= 0.6 is 0 Å². The van der Waals surface area contributed by atoms with E-state index in [4.69, 9.17) is 5.73 Å². The van der Waals surface area contributed by atoms with Crippen molar-refractivity contribution in [2.24, 2.45) is 10.7 Å². The number of aliphatic imine (C=N–C) groups is 1. The summed E-state index contributed by atoms with van der Waals surface area (Å²) in [6.45, 7) is 1.76. The Bertz CT molecular complexity index is 581. The molecule has 0 spiro atoms. The molecule has 1 fully saturated rings. The van der Waals surface area contributed by atoms with Crippen LogP contribution in [0.5, 0.6) is 0 Å². The summed E-state index contributed by atoms with van der Waals surface area (Å²) in [5, 5.41) is 4.49. The zero-order valence-corrected chi connectivity index (χ0v) is 11.0. The number of aromatic nitrogens is 1. The van der Waals surface area contributed by atoms with Crippen LogP contribution in [0.2, 0.25) is 0 Å². The van der Waals surface area contributed by atoms with Crippen LogP contribution in [0.25, 0.3) is 10.9 Å². The second-order valence-electron chi connectivity index (χ2n) is 5.11. The van der Waals surface area contributed by atoms with Crippen molar-refractivity contribution in [3.8, 4) is 0 Å². The maximum Gasteiger partial charge on any atom is 0.188 e. The first kappa shape index (κ1) is 12.1. The van der Waals surface area contributed by atoms with Gasteiger partial charge in [0.1, 0.15) is 0 Å². The normalized spacial score (nSPS) is 15.9. The molecule has 1 aromatic heterocycles. The van der Waals surface area contributed by atoms with Gasteiger partial charge in [0.25, 0.3) is 0 Å². The molecule has 3 N–H and O–H groups in total. The summed E-state index contributed by atoms with van der Waals surface area (Å²) >= 11 is 0. The number of fused-ring (bicyclic) bond motifs is 1. The van der Waals surface area contributed by atoms with Gasteiger partial charge in [-0.15, -0.1) is 0 Å². The van der Waals surface area contributed by atoms with Gasteiger partial charge in [-0.2, -0.15) is 0 Å². The van der Waals surface area contributed by atoms with Crippen LogP contribution in [0, 0.1) is 0 Å². The number of benzene rings is 1. The summed E-state index contributed by atoms with van der Waals surface area (Å²) < 4.78 is 2.27. The van der Waals surface area contributed by atoms with Gasteiger partial charge in [-0.05, 0) is 36.8 Å². The molecule has 1 aromatic carbocycles. The summed E-state index contributed by atoms with van der Waals surface area (Å²) in [5.74, 6) is 0.597. The van der Waals surface area contributed by atoms with Gasteiger partial charge in [-0.25, -0.2) is 0 Å². The van der Waals surface area contributed by atoms with E-state index in [0.29, 0.717) is 12.0 Å². The highest BCUT2D eigenvalue weighted by atomic mass is 15.1. The monoisotopic (exact) mass is 256 g/mol. The van der Waals surface area contributed by atoms with E-state index in [1.165, 1.54) is 23.7 Å². The Balaban J connectivity index is 1.51. The molecule has 1 aliphatic carbocycles. The molecule has 4 nitrogen and oxygen atoms in total. The van der Waals surface area contributed by atoms with Crippen molar-refractivity contribution in [2.75, 3.05) is 6.54 Å². The highest BCUT2D eigenvalue weighted by molar-refractivity contribution is 5.80. The van der Waals surface area contributed by atoms with Crippen molar-refractivity contribution in [2.45, 2.75) is 31.8 Å². The molecule has 0 saturated heterocycles. The average molecular weight is 256 g/mol. The number of nitrogens with one attached hydrogen (secondary N) is 1. The molecule has 3 rings (SSSR count). The predicted molar refractivity (Wildman–Crippen MR) is 79.2 cm³/mol. The first-order chi connectivity index (χ1) is 9.33. The number of hydrogen-bond acceptors (Lipinski definition) is 1. The fourth-order valence-corrected chi connectivity index (χ4v) is 2.26. The molecule has 4 heteroatoms. The Kier molecular flexibility index (Phi) is 3.40. The lowest BCUT2D eigenvalue weighted by atomic mass is 10.2. The van der Waals surface area contributed by atoms with E-state index in [0.717, 1.165) is 19.5 Å². The van der Waals surface area contributed by atoms with Crippen molar-refractivity contribution in [3.05, 3.63) is 36.5 Å². The zero-order chi connectivity index (χ0) is 13.1. The second kappa shape index (κ2) is 5.34. The summed E-state index contributed by atoms with van der Waals surface area (Å²) in [5.41, 5.74) is 7.08. The van der Waals surface area contributed by atoms with Crippen molar-refractivity contribution in [1.29, 1.82) is 0 Å². The molecule has 0 radical (unpaired) electrons. The van der Waals surface area contributed by atoms with E-state index in [1.54, 1.807) is 0 Å². The van der Waals surface area contributed by atoms with Crippen molar-refractivity contribution >= 4 is 16.9 Å². The van der Waals surface area contributed by atoms with Crippen LogP contribution in [0.15, 0.2) is 41.5 Å². The van der Waals surface area contributed by atoms with Crippen molar-refractivity contribution in [3.63, 3.8) is 0 Å². The Morgan fingerprint density at radius 1 is 1.32 bits per heavy atom. The Labute approximate surface area is 113 Å². The number of para-hydroxylation sites is 1. The van der Waals surface area contributed by atoms with E-state index in [9.17, 15) is 0 Å². The molecule has 1 aliphatic rings. The Hall–Kier alpha value is -1.97. The third kappa shape index (κ3) is 3.08. The molecular weight excluding hydrogens is 236 g/mol. The van der Waals surface area contributed by atoms with Gasteiger partial charge in [0.15, 0.2) is 5.96 Å². The highest BCUT2D eigenvalue weighted by Gasteiger charge is 2.21. The number of hydrogen-bond donors (Lipinski definition) is 2. The van der Waals surface area contributed by atoms with Gasteiger partial charge in [-0.1, -0.05) is 18.2 Å². The van der Waals surface area contributed by atoms with Crippen LogP contribution < -0.4 is 11.1 Å².